The minimum absolute atomic E-state index is 0.296. The molecule has 0 atom stereocenters. The topological polar surface area (TPSA) is 31.0 Å². The number of aromatic nitrogens is 2. The molecule has 0 aliphatic carbocycles. The van der Waals surface area contributed by atoms with Crippen LogP contribution in [0.4, 0.5) is 0 Å². The largest absolute Gasteiger partial charge is 0.455 e. The van der Waals surface area contributed by atoms with Crippen LogP contribution in [0.5, 0.6) is 0 Å². The molecule has 0 unspecified atom stereocenters. The van der Waals surface area contributed by atoms with Crippen molar-refractivity contribution in [2.45, 2.75) is 71.1 Å². The number of hydrogen-bond donors (Lipinski definition) is 0. The number of hydrogen-bond acceptors (Lipinski definition) is 2. The van der Waals surface area contributed by atoms with E-state index in [9.17, 15) is 0 Å². The minimum atomic E-state index is -1.14. The van der Waals surface area contributed by atoms with Crippen molar-refractivity contribution in [3.05, 3.63) is 144 Å². The molecule has 0 spiro atoms. The van der Waals surface area contributed by atoms with Gasteiger partial charge in [-0.2, -0.15) is 0 Å². The van der Waals surface area contributed by atoms with Crippen LogP contribution in [-0.4, -0.2) is 17.6 Å². The molecule has 258 valence electrons. The Kier molecular flexibility index (Phi) is 7.85. The molecule has 3 heterocycles. The summed E-state index contributed by atoms with van der Waals surface area (Å²) in [6.45, 7) is 14.4. The molecule has 4 heteroatoms. The quantitative estimate of drug-likeness (QED) is 0.162. The summed E-state index contributed by atoms with van der Waals surface area (Å²) in [6.07, 6.45) is 1.21. The average Bonchev–Trinajstić information content (AvgIpc) is 3.72. The van der Waals surface area contributed by atoms with Crippen molar-refractivity contribution in [2.75, 3.05) is 0 Å². The minimum Gasteiger partial charge on any atom is -0.455 e. The van der Waals surface area contributed by atoms with E-state index in [2.05, 4.69) is 167 Å². The molecular weight excluding hydrogens is 649 g/mol. The lowest BCUT2D eigenvalue weighted by atomic mass is 9.87. The van der Waals surface area contributed by atoms with Crippen molar-refractivity contribution in [3.8, 4) is 39.3 Å². The molecule has 52 heavy (non-hydrogen) atoms. The highest BCUT2D eigenvalue weighted by Crippen LogP contribution is 2.43. The highest BCUT2D eigenvalue weighted by Gasteiger charge is 2.28. The Morgan fingerprint density at radius 2 is 1.35 bits per heavy atom. The first-order valence-electron chi connectivity index (χ1n) is 18.9. The van der Waals surface area contributed by atoms with Crippen LogP contribution in [0, 0.1) is 0 Å². The van der Waals surface area contributed by atoms with Crippen LogP contribution in [0.25, 0.3) is 72.3 Å². The lowest BCUT2D eigenvalue weighted by molar-refractivity contribution is 0.669. The predicted octanol–water partition coefficient (Wildman–Crippen LogP) is 13.5. The number of imidazole rings is 1. The van der Waals surface area contributed by atoms with Crippen molar-refractivity contribution < 1.29 is 4.42 Å². The Bertz CT molecular complexity index is 2610. The smallest absolute Gasteiger partial charge is 0.149 e. The van der Waals surface area contributed by atoms with Gasteiger partial charge < -0.3 is 4.42 Å². The molecule has 8 aromatic rings. The van der Waals surface area contributed by atoms with E-state index >= 15 is 0 Å². The van der Waals surface area contributed by atoms with Gasteiger partial charge in [0.05, 0.1) is 30.4 Å². The Morgan fingerprint density at radius 3 is 2.12 bits per heavy atom. The van der Waals surface area contributed by atoms with Gasteiger partial charge in [0.2, 0.25) is 0 Å². The van der Waals surface area contributed by atoms with Crippen LogP contribution >= 0.6 is 0 Å². The predicted molar refractivity (Wildman–Crippen MR) is 223 cm³/mol. The first-order chi connectivity index (χ1) is 25.1. The molecule has 0 radical (unpaired) electrons. The molecule has 6 aromatic carbocycles. The van der Waals surface area contributed by atoms with Crippen LogP contribution in [0.15, 0.2) is 126 Å². The van der Waals surface area contributed by atoms with E-state index in [4.69, 9.17) is 9.40 Å². The van der Waals surface area contributed by atoms with E-state index < -0.39 is 8.07 Å². The maximum atomic E-state index is 6.83. The van der Waals surface area contributed by atoms with Gasteiger partial charge in [0.15, 0.2) is 0 Å². The van der Waals surface area contributed by atoms with Gasteiger partial charge in [-0.1, -0.05) is 126 Å². The Labute approximate surface area is 308 Å². The normalized spacial score (nSPS) is 14.2. The fraction of sp³-hybridized carbons (Fsp3) is 0.229. The molecule has 0 fully saturated rings. The van der Waals surface area contributed by atoms with Gasteiger partial charge in [-0.05, 0) is 111 Å². The van der Waals surface area contributed by atoms with E-state index in [0.29, 0.717) is 11.8 Å². The molecule has 3 nitrogen and oxygen atoms in total. The van der Waals surface area contributed by atoms with Crippen LogP contribution in [0.3, 0.4) is 0 Å². The van der Waals surface area contributed by atoms with Crippen molar-refractivity contribution in [1.82, 2.24) is 9.55 Å². The van der Waals surface area contributed by atoms with E-state index in [1.807, 2.05) is 0 Å². The summed E-state index contributed by atoms with van der Waals surface area (Å²) in [7, 11) is -1.14. The second-order valence-electron chi connectivity index (χ2n) is 16.3. The summed E-state index contributed by atoms with van der Waals surface area (Å²) in [5, 5.41) is 2.22. The van der Waals surface area contributed by atoms with Crippen molar-refractivity contribution in [2.24, 2.45) is 0 Å². The second-order valence-corrected chi connectivity index (χ2v) is 21.4. The number of rotatable bonds is 6. The first kappa shape index (κ1) is 32.7. The highest BCUT2D eigenvalue weighted by atomic mass is 28.3. The van der Waals surface area contributed by atoms with Gasteiger partial charge in [0.1, 0.15) is 17.0 Å². The summed E-state index contributed by atoms with van der Waals surface area (Å²) in [5.41, 5.74) is 16.8. The number of aryl methyl sites for hydroxylation is 1. The van der Waals surface area contributed by atoms with Crippen molar-refractivity contribution in [3.63, 3.8) is 0 Å². The molecule has 9 rings (SSSR count). The standard InChI is InChI=1S/C48H46N2OSi/c1-30(2)41-26-37(33-19-20-36-29-52(5,6)24-23-35(36)25-33)27-42(31(3)4)46(41)50-44-18-11-10-17-43(44)49-48(50)40-16-12-15-39-38-22-21-34(28-45(38)51-47(39)40)32-13-8-7-9-14-32/h7-22,25-28,30-31H,23-24,29H2,1-6H3. The first-order valence-corrected chi connectivity index (χ1v) is 22.4. The Hall–Kier alpha value is -5.19. The Morgan fingerprint density at radius 1 is 0.635 bits per heavy atom. The number of furan rings is 1. The van der Waals surface area contributed by atoms with Crippen LogP contribution in [0.2, 0.25) is 19.1 Å². The van der Waals surface area contributed by atoms with E-state index in [-0.39, 0.29) is 0 Å². The summed E-state index contributed by atoms with van der Waals surface area (Å²) >= 11 is 0. The fourth-order valence-electron chi connectivity index (χ4n) is 8.49. The zero-order valence-corrected chi connectivity index (χ0v) is 32.1. The zero-order valence-electron chi connectivity index (χ0n) is 31.1. The zero-order chi connectivity index (χ0) is 35.7. The molecule has 1 aliphatic rings. The van der Waals surface area contributed by atoms with Gasteiger partial charge in [-0.15, -0.1) is 0 Å². The van der Waals surface area contributed by atoms with Gasteiger partial charge >= 0.3 is 0 Å². The van der Waals surface area contributed by atoms with E-state index in [1.54, 1.807) is 11.1 Å². The summed E-state index contributed by atoms with van der Waals surface area (Å²) in [4.78, 5) is 5.39. The van der Waals surface area contributed by atoms with Gasteiger partial charge in [0, 0.05) is 10.8 Å². The summed E-state index contributed by atoms with van der Waals surface area (Å²) in [6, 6.07) is 47.0. The average molecular weight is 695 g/mol. The van der Waals surface area contributed by atoms with Crippen molar-refractivity contribution in [1.29, 1.82) is 0 Å². The third kappa shape index (κ3) is 5.52. The lowest BCUT2D eigenvalue weighted by Crippen LogP contribution is -2.33. The molecule has 0 amide bonds. The third-order valence-corrected chi connectivity index (χ3v) is 14.3. The van der Waals surface area contributed by atoms with Gasteiger partial charge in [-0.25, -0.2) is 4.98 Å². The van der Waals surface area contributed by atoms with Gasteiger partial charge in [0.25, 0.3) is 0 Å². The molecule has 1 aliphatic heterocycles. The molecule has 0 bridgehead atoms. The maximum Gasteiger partial charge on any atom is 0.149 e. The second kappa shape index (κ2) is 12.5. The summed E-state index contributed by atoms with van der Waals surface area (Å²) in [5.74, 6) is 1.50. The monoisotopic (exact) mass is 694 g/mol. The number of benzene rings is 6. The van der Waals surface area contributed by atoms with E-state index in [0.717, 1.165) is 49.9 Å². The summed E-state index contributed by atoms with van der Waals surface area (Å²) < 4.78 is 9.26. The molecule has 0 saturated carbocycles. The molecule has 0 saturated heterocycles. The highest BCUT2D eigenvalue weighted by molar-refractivity contribution is 6.77. The number of fused-ring (bicyclic) bond motifs is 5. The van der Waals surface area contributed by atoms with Gasteiger partial charge in [-0.3, -0.25) is 4.57 Å². The van der Waals surface area contributed by atoms with Crippen LogP contribution in [-0.2, 0) is 12.5 Å². The molecule has 0 N–H and O–H groups in total. The maximum absolute atomic E-state index is 6.83. The SMILES string of the molecule is CC(C)c1cc(-c2ccc3c(c2)CC[Si](C)(C)C3)cc(C(C)C)c1-n1c(-c2cccc3c2oc2cc(-c4ccccc4)ccc23)nc2ccccc21. The van der Waals surface area contributed by atoms with Crippen molar-refractivity contribution >= 4 is 41.0 Å². The third-order valence-electron chi connectivity index (χ3n) is 11.3. The van der Waals surface area contributed by atoms with E-state index in [1.165, 1.54) is 52.0 Å². The van der Waals surface area contributed by atoms with Crippen LogP contribution < -0.4 is 0 Å². The molecular formula is C48H46N2OSi. The Balaban J connectivity index is 1.26. The fourth-order valence-corrected chi connectivity index (χ4v) is 11.0. The number of para-hydroxylation sites is 3. The molecule has 2 aromatic heterocycles. The number of nitrogens with zero attached hydrogens (tertiary/aromatic N) is 2. The lowest BCUT2D eigenvalue weighted by Gasteiger charge is -2.30. The van der Waals surface area contributed by atoms with Crippen LogP contribution in [0.1, 0.15) is 61.8 Å².